The van der Waals surface area contributed by atoms with E-state index in [2.05, 4.69) is 25.6 Å². The van der Waals surface area contributed by atoms with Gasteiger partial charge in [0.2, 0.25) is 5.89 Å². The maximum Gasteiger partial charge on any atom is 0.303 e. The van der Waals surface area contributed by atoms with Gasteiger partial charge >= 0.3 is 5.97 Å². The summed E-state index contributed by atoms with van der Waals surface area (Å²) in [6.45, 7) is 0. The first-order valence-electron chi connectivity index (χ1n) is 4.66. The number of aromatic nitrogens is 5. The van der Waals surface area contributed by atoms with Crippen molar-refractivity contribution in [2.45, 2.75) is 19.3 Å². The zero-order chi connectivity index (χ0) is 11.4. The van der Waals surface area contributed by atoms with E-state index in [9.17, 15) is 4.79 Å². The fourth-order valence-electron chi connectivity index (χ4n) is 1.15. The summed E-state index contributed by atoms with van der Waals surface area (Å²) in [7, 11) is 0. The Bertz CT molecular complexity index is 464. The van der Waals surface area contributed by atoms with Gasteiger partial charge in [0.05, 0.1) is 6.20 Å². The predicted octanol–water partition coefficient (Wildman–Crippen LogP) is 0.262. The summed E-state index contributed by atoms with van der Waals surface area (Å²) >= 11 is 0. The molecular weight excluding hydrogens is 214 g/mol. The number of nitrogens with one attached hydrogen (secondary N) is 1. The van der Waals surface area contributed by atoms with Crippen molar-refractivity contribution < 1.29 is 14.3 Å². The van der Waals surface area contributed by atoms with Crippen LogP contribution in [0.3, 0.4) is 0 Å². The highest BCUT2D eigenvalue weighted by molar-refractivity contribution is 5.66. The highest BCUT2D eigenvalue weighted by Crippen LogP contribution is 2.14. The van der Waals surface area contributed by atoms with E-state index in [4.69, 9.17) is 9.52 Å². The second-order valence-electron chi connectivity index (χ2n) is 3.10. The number of carbonyl (C=O) groups is 1. The number of carboxylic acid groups (broad SMARTS) is 1. The zero-order valence-corrected chi connectivity index (χ0v) is 8.25. The summed E-state index contributed by atoms with van der Waals surface area (Å²) in [5.74, 6) is -0.158. The lowest BCUT2D eigenvalue weighted by Crippen LogP contribution is -1.95. The molecule has 2 N–H and O–H groups in total. The topological polar surface area (TPSA) is 118 Å². The van der Waals surface area contributed by atoms with E-state index in [1.54, 1.807) is 0 Å². The fourth-order valence-corrected chi connectivity index (χ4v) is 1.15. The van der Waals surface area contributed by atoms with Gasteiger partial charge in [-0.1, -0.05) is 0 Å². The molecule has 2 aromatic heterocycles. The van der Waals surface area contributed by atoms with Crippen LogP contribution in [-0.4, -0.2) is 36.7 Å². The van der Waals surface area contributed by atoms with Gasteiger partial charge in [0.25, 0.3) is 5.89 Å². The molecule has 0 atom stereocenters. The molecule has 0 aliphatic carbocycles. The monoisotopic (exact) mass is 223 g/mol. The zero-order valence-electron chi connectivity index (χ0n) is 8.25. The van der Waals surface area contributed by atoms with Crippen molar-refractivity contribution in [3.8, 4) is 11.6 Å². The van der Waals surface area contributed by atoms with Crippen LogP contribution in [0.5, 0.6) is 0 Å². The third-order valence-corrected chi connectivity index (χ3v) is 1.88. The second kappa shape index (κ2) is 4.51. The third kappa shape index (κ3) is 2.41. The van der Waals surface area contributed by atoms with Gasteiger partial charge in [-0.3, -0.25) is 4.79 Å². The normalized spacial score (nSPS) is 10.5. The number of aryl methyl sites for hydroxylation is 1. The standard InChI is InChI=1S/C8H9N5O3/c14-7(15)3-1-2-6-11-12-8(16-6)5-4-9-13-10-5/h4H,1-3H2,(H,14,15)(H,9,10,13). The molecule has 8 heteroatoms. The van der Waals surface area contributed by atoms with E-state index in [0.29, 0.717) is 24.4 Å². The van der Waals surface area contributed by atoms with Gasteiger partial charge < -0.3 is 9.52 Å². The number of hydrogen-bond acceptors (Lipinski definition) is 6. The van der Waals surface area contributed by atoms with Crippen molar-refractivity contribution in [2.24, 2.45) is 0 Å². The maximum absolute atomic E-state index is 10.3. The summed E-state index contributed by atoms with van der Waals surface area (Å²) in [5.41, 5.74) is 0.469. The molecule has 0 bridgehead atoms. The summed E-state index contributed by atoms with van der Waals surface area (Å²) in [6, 6.07) is 0. The lowest BCUT2D eigenvalue weighted by molar-refractivity contribution is -0.137. The molecule has 0 radical (unpaired) electrons. The van der Waals surface area contributed by atoms with Gasteiger partial charge in [-0.05, 0) is 6.42 Å². The number of carboxylic acids is 1. The minimum Gasteiger partial charge on any atom is -0.481 e. The number of hydrogen-bond donors (Lipinski definition) is 2. The minimum atomic E-state index is -0.837. The van der Waals surface area contributed by atoms with Crippen LogP contribution in [-0.2, 0) is 11.2 Å². The van der Waals surface area contributed by atoms with Crippen molar-refractivity contribution in [1.82, 2.24) is 25.6 Å². The minimum absolute atomic E-state index is 0.0850. The Morgan fingerprint density at radius 3 is 3.06 bits per heavy atom. The summed E-state index contributed by atoms with van der Waals surface area (Å²) in [4.78, 5) is 10.3. The highest BCUT2D eigenvalue weighted by atomic mass is 16.4. The number of aliphatic carboxylic acids is 1. The number of nitrogens with zero attached hydrogens (tertiary/aromatic N) is 4. The van der Waals surface area contributed by atoms with Crippen LogP contribution in [0.15, 0.2) is 10.6 Å². The Balaban J connectivity index is 1.95. The third-order valence-electron chi connectivity index (χ3n) is 1.88. The SMILES string of the molecule is O=C(O)CCCc1nnc(-c2cn[nH]n2)o1. The van der Waals surface area contributed by atoms with E-state index in [0.717, 1.165) is 0 Å². The summed E-state index contributed by atoms with van der Waals surface area (Å²) in [6.07, 6.45) is 2.46. The molecule has 0 aliphatic rings. The number of rotatable bonds is 5. The molecule has 0 saturated heterocycles. The first kappa shape index (κ1) is 10.3. The van der Waals surface area contributed by atoms with Gasteiger partial charge in [0.1, 0.15) is 0 Å². The predicted molar refractivity (Wildman–Crippen MR) is 50.2 cm³/mol. The molecule has 0 unspecified atom stereocenters. The van der Waals surface area contributed by atoms with Gasteiger partial charge in [-0.2, -0.15) is 15.4 Å². The molecule has 2 rings (SSSR count). The van der Waals surface area contributed by atoms with Crippen molar-refractivity contribution >= 4 is 5.97 Å². The Morgan fingerprint density at radius 1 is 1.50 bits per heavy atom. The van der Waals surface area contributed by atoms with E-state index in [1.807, 2.05) is 0 Å². The molecule has 0 saturated carbocycles. The van der Waals surface area contributed by atoms with E-state index >= 15 is 0 Å². The Labute approximate surface area is 89.7 Å². The average Bonchev–Trinajstić information content (AvgIpc) is 2.85. The molecule has 0 spiro atoms. The van der Waals surface area contributed by atoms with Crippen LogP contribution >= 0.6 is 0 Å². The first-order chi connectivity index (χ1) is 7.75. The molecule has 0 aromatic carbocycles. The molecular formula is C8H9N5O3. The first-order valence-corrected chi connectivity index (χ1v) is 4.66. The molecule has 84 valence electrons. The van der Waals surface area contributed by atoms with Crippen LogP contribution in [0.25, 0.3) is 11.6 Å². The van der Waals surface area contributed by atoms with Crippen LogP contribution in [0, 0.1) is 0 Å². The van der Waals surface area contributed by atoms with Gasteiger partial charge in [-0.15, -0.1) is 10.2 Å². The lowest BCUT2D eigenvalue weighted by atomic mass is 10.2. The van der Waals surface area contributed by atoms with Crippen LogP contribution in [0.2, 0.25) is 0 Å². The molecule has 2 heterocycles. The molecule has 0 amide bonds. The fraction of sp³-hybridized carbons (Fsp3) is 0.375. The van der Waals surface area contributed by atoms with Gasteiger partial charge in [0.15, 0.2) is 5.69 Å². The molecule has 16 heavy (non-hydrogen) atoms. The number of aromatic amines is 1. The van der Waals surface area contributed by atoms with Gasteiger partial charge in [0, 0.05) is 12.8 Å². The Hall–Kier alpha value is -2.25. The van der Waals surface area contributed by atoms with Crippen LogP contribution in [0.4, 0.5) is 0 Å². The second-order valence-corrected chi connectivity index (χ2v) is 3.10. The smallest absolute Gasteiger partial charge is 0.303 e. The highest BCUT2D eigenvalue weighted by Gasteiger charge is 2.10. The lowest BCUT2D eigenvalue weighted by Gasteiger charge is -1.91. The molecule has 0 aliphatic heterocycles. The quantitative estimate of drug-likeness (QED) is 0.746. The summed E-state index contributed by atoms with van der Waals surface area (Å²) in [5, 5.41) is 25.8. The van der Waals surface area contributed by atoms with Crippen molar-refractivity contribution in [3.63, 3.8) is 0 Å². The van der Waals surface area contributed by atoms with Crippen molar-refractivity contribution in [2.75, 3.05) is 0 Å². The van der Waals surface area contributed by atoms with Crippen LogP contribution in [0.1, 0.15) is 18.7 Å². The van der Waals surface area contributed by atoms with E-state index in [-0.39, 0.29) is 12.3 Å². The number of H-pyrrole nitrogens is 1. The molecule has 0 fully saturated rings. The van der Waals surface area contributed by atoms with Gasteiger partial charge in [-0.25, -0.2) is 0 Å². The maximum atomic E-state index is 10.3. The van der Waals surface area contributed by atoms with Crippen molar-refractivity contribution in [3.05, 3.63) is 12.1 Å². The molecule has 8 nitrogen and oxygen atoms in total. The van der Waals surface area contributed by atoms with E-state index in [1.165, 1.54) is 6.20 Å². The Kier molecular flexibility index (Phi) is 2.90. The molecule has 2 aromatic rings. The van der Waals surface area contributed by atoms with E-state index < -0.39 is 5.97 Å². The van der Waals surface area contributed by atoms with Crippen molar-refractivity contribution in [1.29, 1.82) is 0 Å². The largest absolute Gasteiger partial charge is 0.481 e. The van der Waals surface area contributed by atoms with Crippen LogP contribution < -0.4 is 0 Å². The average molecular weight is 223 g/mol. The summed E-state index contributed by atoms with van der Waals surface area (Å²) < 4.78 is 5.27. The Morgan fingerprint density at radius 2 is 2.38 bits per heavy atom.